The van der Waals surface area contributed by atoms with Crippen LogP contribution in [0.4, 0.5) is 5.82 Å². The van der Waals surface area contributed by atoms with E-state index in [2.05, 4.69) is 43.0 Å². The summed E-state index contributed by atoms with van der Waals surface area (Å²) >= 11 is 5.99. The molecule has 20 heavy (non-hydrogen) atoms. The zero-order chi connectivity index (χ0) is 14.5. The van der Waals surface area contributed by atoms with E-state index >= 15 is 0 Å². The normalized spacial score (nSPS) is 17.4. The Bertz CT molecular complexity index is 405. The monoisotopic (exact) mass is 295 g/mol. The Hall–Kier alpha value is -0.800. The Kier molecular flexibility index (Phi) is 5.67. The molecule has 0 bridgehead atoms. The van der Waals surface area contributed by atoms with Crippen LogP contribution in [-0.2, 0) is 12.3 Å². The molecule has 1 fully saturated rings. The second-order valence-corrected chi connectivity index (χ2v) is 6.21. The molecule has 0 N–H and O–H groups in total. The van der Waals surface area contributed by atoms with Crippen LogP contribution < -0.4 is 4.90 Å². The van der Waals surface area contributed by atoms with Crippen LogP contribution in [0.15, 0.2) is 12.1 Å². The van der Waals surface area contributed by atoms with Gasteiger partial charge in [-0.15, -0.1) is 11.6 Å². The van der Waals surface area contributed by atoms with Crippen molar-refractivity contribution in [3.05, 3.63) is 23.4 Å². The molecule has 2 rings (SSSR count). The quantitative estimate of drug-likeness (QED) is 0.778. The number of halogens is 1. The molecule has 1 aromatic rings. The largest absolute Gasteiger partial charge is 0.359 e. The van der Waals surface area contributed by atoms with Gasteiger partial charge in [0.25, 0.3) is 0 Å². The second-order valence-electron chi connectivity index (χ2n) is 5.94. The zero-order valence-corrected chi connectivity index (χ0v) is 13.7. The molecular weight excluding hydrogens is 270 g/mol. The van der Waals surface area contributed by atoms with Crippen molar-refractivity contribution < 1.29 is 0 Å². The fraction of sp³-hybridized carbons (Fsp3) is 0.688. The molecule has 0 spiro atoms. The molecule has 1 aliphatic rings. The average Bonchev–Trinajstić information content (AvgIpc) is 2.48. The van der Waals surface area contributed by atoms with Gasteiger partial charge >= 0.3 is 0 Å². The molecule has 1 saturated heterocycles. The van der Waals surface area contributed by atoms with Crippen LogP contribution >= 0.6 is 11.6 Å². The van der Waals surface area contributed by atoms with Crippen LogP contribution in [0.2, 0.25) is 0 Å². The maximum atomic E-state index is 5.99. The number of alkyl halides is 1. The van der Waals surface area contributed by atoms with Crippen molar-refractivity contribution in [2.45, 2.75) is 32.1 Å². The van der Waals surface area contributed by atoms with Gasteiger partial charge in [0.15, 0.2) is 0 Å². The number of hydrogen-bond donors (Lipinski definition) is 0. The van der Waals surface area contributed by atoms with Crippen LogP contribution in [0.3, 0.4) is 0 Å². The van der Waals surface area contributed by atoms with Crippen molar-refractivity contribution in [1.82, 2.24) is 9.88 Å². The molecule has 0 saturated carbocycles. The van der Waals surface area contributed by atoms with Gasteiger partial charge in [0.05, 0.1) is 0 Å². The molecule has 0 unspecified atom stereocenters. The summed E-state index contributed by atoms with van der Waals surface area (Å²) in [6.45, 7) is 5.67. The van der Waals surface area contributed by atoms with Crippen molar-refractivity contribution in [3.8, 4) is 0 Å². The molecule has 0 aliphatic carbocycles. The van der Waals surface area contributed by atoms with E-state index in [4.69, 9.17) is 16.6 Å². The Morgan fingerprint density at radius 1 is 1.35 bits per heavy atom. The summed E-state index contributed by atoms with van der Waals surface area (Å²) in [4.78, 5) is 9.45. The maximum absolute atomic E-state index is 5.99. The predicted molar refractivity (Wildman–Crippen MR) is 86.7 cm³/mol. The van der Waals surface area contributed by atoms with Crippen molar-refractivity contribution >= 4 is 17.4 Å². The van der Waals surface area contributed by atoms with Gasteiger partial charge in [-0.25, -0.2) is 4.98 Å². The molecule has 1 aromatic heterocycles. The highest BCUT2D eigenvalue weighted by Crippen LogP contribution is 2.21. The molecule has 0 radical (unpaired) electrons. The molecule has 112 valence electrons. The first-order valence-electron chi connectivity index (χ1n) is 7.57. The van der Waals surface area contributed by atoms with E-state index in [9.17, 15) is 0 Å². The minimum absolute atomic E-state index is 0.560. The fourth-order valence-electron chi connectivity index (χ4n) is 2.81. The SMILES string of the molecule is CCc1cc(CCl)cc(N(C)CC2CCN(C)CC2)n1. The number of piperidine rings is 1. The predicted octanol–water partition coefficient (Wildman–Crippen LogP) is 3.16. The van der Waals surface area contributed by atoms with E-state index in [1.807, 2.05) is 0 Å². The van der Waals surface area contributed by atoms with Gasteiger partial charge in [-0.3, -0.25) is 0 Å². The Morgan fingerprint density at radius 2 is 2.05 bits per heavy atom. The molecule has 0 atom stereocenters. The lowest BCUT2D eigenvalue weighted by Crippen LogP contribution is -2.36. The molecular formula is C16H26ClN3. The standard InChI is InChI=1S/C16H26ClN3/c1-4-15-9-14(11-17)10-16(18-15)20(3)12-13-5-7-19(2)8-6-13/h9-10,13H,4-8,11-12H2,1-3H3. The van der Waals surface area contributed by atoms with Crippen LogP contribution in [-0.4, -0.2) is 43.6 Å². The van der Waals surface area contributed by atoms with E-state index < -0.39 is 0 Å². The summed E-state index contributed by atoms with van der Waals surface area (Å²) in [5.74, 6) is 2.41. The van der Waals surface area contributed by atoms with Gasteiger partial charge in [0.1, 0.15) is 5.82 Å². The third-order valence-corrected chi connectivity index (χ3v) is 4.51. The topological polar surface area (TPSA) is 19.4 Å². The highest BCUT2D eigenvalue weighted by Gasteiger charge is 2.19. The lowest BCUT2D eigenvalue weighted by molar-refractivity contribution is 0.222. The minimum Gasteiger partial charge on any atom is -0.359 e. The lowest BCUT2D eigenvalue weighted by Gasteiger charge is -2.32. The first kappa shape index (κ1) is 15.6. The van der Waals surface area contributed by atoms with Gasteiger partial charge < -0.3 is 9.80 Å². The first-order chi connectivity index (χ1) is 9.62. The van der Waals surface area contributed by atoms with E-state index in [0.717, 1.165) is 30.4 Å². The maximum Gasteiger partial charge on any atom is 0.128 e. The van der Waals surface area contributed by atoms with Gasteiger partial charge in [-0.05, 0) is 63.0 Å². The number of likely N-dealkylation sites (tertiary alicyclic amines) is 1. The second kappa shape index (κ2) is 7.28. The number of nitrogens with zero attached hydrogens (tertiary/aromatic N) is 3. The number of anilines is 1. The summed E-state index contributed by atoms with van der Waals surface area (Å²) in [5.41, 5.74) is 2.30. The summed E-state index contributed by atoms with van der Waals surface area (Å²) in [5, 5.41) is 0. The smallest absolute Gasteiger partial charge is 0.128 e. The third kappa shape index (κ3) is 4.10. The molecule has 0 aromatic carbocycles. The van der Waals surface area contributed by atoms with Crippen molar-refractivity contribution in [2.75, 3.05) is 38.6 Å². The van der Waals surface area contributed by atoms with Gasteiger partial charge in [-0.1, -0.05) is 6.92 Å². The van der Waals surface area contributed by atoms with E-state index in [0.29, 0.717) is 5.88 Å². The first-order valence-corrected chi connectivity index (χ1v) is 8.11. The number of hydrogen-bond acceptors (Lipinski definition) is 3. The molecule has 3 nitrogen and oxygen atoms in total. The average molecular weight is 296 g/mol. The highest BCUT2D eigenvalue weighted by atomic mass is 35.5. The van der Waals surface area contributed by atoms with Gasteiger partial charge in [0, 0.05) is 25.2 Å². The molecule has 1 aliphatic heterocycles. The summed E-state index contributed by atoms with van der Waals surface area (Å²) in [6, 6.07) is 4.24. The van der Waals surface area contributed by atoms with Crippen molar-refractivity contribution in [2.24, 2.45) is 5.92 Å². The lowest BCUT2D eigenvalue weighted by atomic mass is 9.96. The number of rotatable bonds is 5. The van der Waals surface area contributed by atoms with Crippen LogP contribution in [0.5, 0.6) is 0 Å². The zero-order valence-electron chi connectivity index (χ0n) is 12.9. The van der Waals surface area contributed by atoms with E-state index in [1.165, 1.54) is 31.5 Å². The number of aromatic nitrogens is 1. The van der Waals surface area contributed by atoms with E-state index in [-0.39, 0.29) is 0 Å². The molecule has 4 heteroatoms. The summed E-state index contributed by atoms with van der Waals surface area (Å²) in [6.07, 6.45) is 3.53. The van der Waals surface area contributed by atoms with Crippen molar-refractivity contribution in [1.29, 1.82) is 0 Å². The number of pyridine rings is 1. The Labute approximate surface area is 127 Å². The van der Waals surface area contributed by atoms with Crippen molar-refractivity contribution in [3.63, 3.8) is 0 Å². The highest BCUT2D eigenvalue weighted by molar-refractivity contribution is 6.17. The Morgan fingerprint density at radius 3 is 2.65 bits per heavy atom. The minimum atomic E-state index is 0.560. The molecule has 2 heterocycles. The third-order valence-electron chi connectivity index (χ3n) is 4.20. The van der Waals surface area contributed by atoms with Gasteiger partial charge in [0.2, 0.25) is 0 Å². The van der Waals surface area contributed by atoms with Gasteiger partial charge in [-0.2, -0.15) is 0 Å². The summed E-state index contributed by atoms with van der Waals surface area (Å²) < 4.78 is 0. The summed E-state index contributed by atoms with van der Waals surface area (Å²) in [7, 11) is 4.36. The van der Waals surface area contributed by atoms with E-state index in [1.54, 1.807) is 0 Å². The number of aryl methyl sites for hydroxylation is 1. The van der Waals surface area contributed by atoms with Crippen LogP contribution in [0.1, 0.15) is 31.0 Å². The van der Waals surface area contributed by atoms with Crippen LogP contribution in [0.25, 0.3) is 0 Å². The molecule has 0 amide bonds. The fourth-order valence-corrected chi connectivity index (χ4v) is 2.97. The Balaban J connectivity index is 2.02. The van der Waals surface area contributed by atoms with Crippen LogP contribution in [0, 0.1) is 5.92 Å².